The lowest BCUT2D eigenvalue weighted by Crippen LogP contribution is -2.50. The lowest BCUT2D eigenvalue weighted by molar-refractivity contribution is 0.175. The van der Waals surface area contributed by atoms with Gasteiger partial charge in [0.2, 0.25) is 5.95 Å². The maximum atomic E-state index is 12.9. The number of rotatable bonds is 3. The van der Waals surface area contributed by atoms with Gasteiger partial charge >= 0.3 is 0 Å². The molecule has 7 nitrogen and oxygen atoms in total. The first-order valence-electron chi connectivity index (χ1n) is 9.51. The van der Waals surface area contributed by atoms with Crippen molar-refractivity contribution in [1.29, 1.82) is 0 Å². The maximum absolute atomic E-state index is 12.9. The maximum Gasteiger partial charge on any atom is 0.245 e. The Balaban J connectivity index is 1.56. The van der Waals surface area contributed by atoms with Gasteiger partial charge in [0, 0.05) is 41.8 Å². The van der Waals surface area contributed by atoms with Crippen molar-refractivity contribution in [3.63, 3.8) is 0 Å². The zero-order chi connectivity index (χ0) is 19.9. The van der Waals surface area contributed by atoms with E-state index < -0.39 is 11.4 Å². The Bertz CT molecular complexity index is 835. The number of fused-ring (bicyclic) bond motifs is 1. The van der Waals surface area contributed by atoms with Gasteiger partial charge in [0.15, 0.2) is 5.15 Å². The van der Waals surface area contributed by atoms with Crippen LogP contribution in [0.25, 0.3) is 0 Å². The standard InChI is InChI=1S/C19H25ClN6OS/c1-18(2,3)28(27)25-16-13-5-4-8-21-14(13)11-19(16)6-9-26(10-7-19)17-22-12-15(20)23-24-17/h4-5,8,12,16,25H,6-7,9-11H2,1-3H3/t16-,28-/m1/s1. The van der Waals surface area contributed by atoms with Crippen LogP contribution in [0.1, 0.15) is 50.9 Å². The van der Waals surface area contributed by atoms with Crippen LogP contribution < -0.4 is 9.62 Å². The van der Waals surface area contributed by atoms with Gasteiger partial charge in [-0.15, -0.1) is 14.9 Å². The highest BCUT2D eigenvalue weighted by Crippen LogP contribution is 2.52. The summed E-state index contributed by atoms with van der Waals surface area (Å²) < 4.78 is 16.0. The highest BCUT2D eigenvalue weighted by Gasteiger charge is 2.51. The average molecular weight is 421 g/mol. The van der Waals surface area contributed by atoms with Crippen LogP contribution >= 0.6 is 11.6 Å². The van der Waals surface area contributed by atoms with Gasteiger partial charge in [-0.05, 0) is 51.7 Å². The molecule has 0 saturated carbocycles. The third-order valence-corrected chi connectivity index (χ3v) is 7.45. The van der Waals surface area contributed by atoms with E-state index in [2.05, 4.69) is 35.9 Å². The number of hydrogen-bond acceptors (Lipinski definition) is 7. The number of hydrogen-bond donors (Lipinski definition) is 1. The number of aromatic nitrogens is 4. The first-order chi connectivity index (χ1) is 13.3. The molecule has 2 aromatic rings. The molecule has 1 aliphatic carbocycles. The Hall–Kier alpha value is -1.48. The van der Waals surface area contributed by atoms with Gasteiger partial charge in [-0.2, -0.15) is 0 Å². The summed E-state index contributed by atoms with van der Waals surface area (Å²) in [5, 5.41) is 8.31. The fraction of sp³-hybridized carbons (Fsp3) is 0.579. The summed E-state index contributed by atoms with van der Waals surface area (Å²) in [6.45, 7) is 7.62. The van der Waals surface area contributed by atoms with Crippen molar-refractivity contribution in [3.05, 3.63) is 40.9 Å². The number of nitrogens with zero attached hydrogens (tertiary/aromatic N) is 5. The van der Waals surface area contributed by atoms with Crippen molar-refractivity contribution in [1.82, 2.24) is 24.9 Å². The predicted octanol–water partition coefficient (Wildman–Crippen LogP) is 2.86. The zero-order valence-electron chi connectivity index (χ0n) is 16.4. The minimum Gasteiger partial charge on any atom is -0.598 e. The SMILES string of the molecule is CC(C)(C)[S@@+]([O-])N[C@@H]1c2cccnc2CC12CCN(c1ncc(Cl)nn1)CC2. The van der Waals surface area contributed by atoms with Gasteiger partial charge in [-0.3, -0.25) is 4.98 Å². The van der Waals surface area contributed by atoms with Crippen LogP contribution in [0.2, 0.25) is 5.15 Å². The molecule has 1 fully saturated rings. The highest BCUT2D eigenvalue weighted by atomic mass is 35.5. The second-order valence-electron chi connectivity index (χ2n) is 8.58. The number of halogens is 1. The molecule has 9 heteroatoms. The van der Waals surface area contributed by atoms with Gasteiger partial charge in [0.1, 0.15) is 4.75 Å². The molecule has 2 aromatic heterocycles. The number of piperidine rings is 1. The van der Waals surface area contributed by atoms with E-state index in [0.29, 0.717) is 11.1 Å². The first-order valence-corrected chi connectivity index (χ1v) is 11.0. The second-order valence-corrected chi connectivity index (χ2v) is 11.0. The lowest BCUT2D eigenvalue weighted by atomic mass is 9.73. The molecule has 1 aliphatic heterocycles. The molecule has 0 bridgehead atoms. The molecular weight excluding hydrogens is 396 g/mol. The first kappa shape index (κ1) is 19.8. The smallest absolute Gasteiger partial charge is 0.245 e. The van der Waals surface area contributed by atoms with E-state index in [4.69, 9.17) is 11.6 Å². The molecule has 1 saturated heterocycles. The van der Waals surface area contributed by atoms with E-state index in [0.717, 1.165) is 38.0 Å². The van der Waals surface area contributed by atoms with E-state index in [-0.39, 0.29) is 16.2 Å². The molecule has 0 amide bonds. The summed E-state index contributed by atoms with van der Waals surface area (Å²) in [5.41, 5.74) is 2.29. The van der Waals surface area contributed by atoms with Gasteiger partial charge in [0.05, 0.1) is 12.2 Å². The third kappa shape index (κ3) is 3.70. The summed E-state index contributed by atoms with van der Waals surface area (Å²) in [5.74, 6) is 0.607. The van der Waals surface area contributed by atoms with E-state index in [1.54, 1.807) is 0 Å². The highest BCUT2D eigenvalue weighted by molar-refractivity contribution is 7.90. The van der Waals surface area contributed by atoms with Crippen LogP contribution in [0.4, 0.5) is 5.95 Å². The van der Waals surface area contributed by atoms with Gasteiger partial charge in [0.25, 0.3) is 0 Å². The van der Waals surface area contributed by atoms with E-state index in [9.17, 15) is 4.55 Å². The number of pyridine rings is 1. The summed E-state index contributed by atoms with van der Waals surface area (Å²) >= 11 is 4.66. The zero-order valence-corrected chi connectivity index (χ0v) is 17.9. The lowest BCUT2D eigenvalue weighted by Gasteiger charge is -2.43. The van der Waals surface area contributed by atoms with Gasteiger partial charge < -0.3 is 9.45 Å². The normalized spacial score (nSPS) is 22.3. The molecule has 0 unspecified atom stereocenters. The van der Waals surface area contributed by atoms with Crippen LogP contribution in [0.5, 0.6) is 0 Å². The molecule has 0 radical (unpaired) electrons. The minimum absolute atomic E-state index is 0.00600. The fourth-order valence-corrected chi connectivity index (χ4v) is 5.15. The van der Waals surface area contributed by atoms with Crippen LogP contribution in [-0.2, 0) is 17.8 Å². The van der Waals surface area contributed by atoms with Crippen molar-refractivity contribution in [3.8, 4) is 0 Å². The molecule has 2 aliphatic rings. The summed E-state index contributed by atoms with van der Waals surface area (Å²) in [4.78, 5) is 11.1. The fourth-order valence-electron chi connectivity index (χ4n) is 4.12. The molecule has 150 valence electrons. The molecule has 3 heterocycles. The van der Waals surface area contributed by atoms with Crippen LogP contribution in [0.15, 0.2) is 24.5 Å². The summed E-state index contributed by atoms with van der Waals surface area (Å²) in [6.07, 6.45) is 6.15. The largest absolute Gasteiger partial charge is 0.598 e. The average Bonchev–Trinajstić information content (AvgIpc) is 2.95. The molecule has 28 heavy (non-hydrogen) atoms. The Labute approximate surface area is 173 Å². The van der Waals surface area contributed by atoms with E-state index >= 15 is 0 Å². The Morgan fingerprint density at radius 2 is 2.00 bits per heavy atom. The Kier molecular flexibility index (Phi) is 5.24. The van der Waals surface area contributed by atoms with Crippen molar-refractivity contribution in [2.24, 2.45) is 5.41 Å². The summed E-state index contributed by atoms with van der Waals surface area (Å²) in [7, 11) is 0. The summed E-state index contributed by atoms with van der Waals surface area (Å²) in [6, 6.07) is 4.12. The number of anilines is 1. The van der Waals surface area contributed by atoms with Crippen molar-refractivity contribution >= 4 is 28.9 Å². The monoisotopic (exact) mass is 420 g/mol. The molecular formula is C19H25ClN6OS. The van der Waals surface area contributed by atoms with Crippen LogP contribution in [0.3, 0.4) is 0 Å². The molecule has 0 aromatic carbocycles. The Morgan fingerprint density at radius 1 is 1.25 bits per heavy atom. The Morgan fingerprint density at radius 3 is 2.64 bits per heavy atom. The van der Waals surface area contributed by atoms with E-state index in [1.165, 1.54) is 11.8 Å². The predicted molar refractivity (Wildman–Crippen MR) is 110 cm³/mol. The van der Waals surface area contributed by atoms with Crippen molar-refractivity contribution in [2.75, 3.05) is 18.0 Å². The molecule has 4 rings (SSSR count). The van der Waals surface area contributed by atoms with Crippen LogP contribution in [-0.4, -0.2) is 42.6 Å². The topological polar surface area (TPSA) is 89.9 Å². The number of nitrogens with one attached hydrogen (secondary N) is 1. The third-order valence-electron chi connectivity index (χ3n) is 5.71. The van der Waals surface area contributed by atoms with Gasteiger partial charge in [-0.1, -0.05) is 17.7 Å². The van der Waals surface area contributed by atoms with Crippen LogP contribution in [0, 0.1) is 5.41 Å². The second kappa shape index (κ2) is 7.40. The molecule has 2 atom stereocenters. The minimum atomic E-state index is -1.15. The molecule has 1 spiro atoms. The quantitative estimate of drug-likeness (QED) is 0.763. The van der Waals surface area contributed by atoms with Gasteiger partial charge in [-0.25, -0.2) is 4.98 Å². The molecule has 1 N–H and O–H groups in total. The van der Waals surface area contributed by atoms with Crippen molar-refractivity contribution < 1.29 is 4.55 Å². The van der Waals surface area contributed by atoms with Crippen molar-refractivity contribution in [2.45, 2.75) is 50.8 Å². The van der Waals surface area contributed by atoms with E-state index in [1.807, 2.05) is 33.0 Å².